The van der Waals surface area contributed by atoms with Crippen LogP contribution in [0.2, 0.25) is 0 Å². The Morgan fingerprint density at radius 3 is 2.54 bits per heavy atom. The monoisotopic (exact) mass is 362 g/mol. The van der Waals surface area contributed by atoms with Crippen LogP contribution in [-0.4, -0.2) is 41.4 Å². The molecule has 0 aliphatic heterocycles. The summed E-state index contributed by atoms with van der Waals surface area (Å²) in [6.45, 7) is 1.94. The molecule has 138 valence electrons. The van der Waals surface area contributed by atoms with Crippen molar-refractivity contribution in [2.45, 2.75) is 13.5 Å². The molecule has 1 amide bonds. The van der Waals surface area contributed by atoms with Gasteiger partial charge in [0, 0.05) is 18.7 Å². The maximum Gasteiger partial charge on any atom is 0.286 e. The molecule has 0 atom stereocenters. The van der Waals surface area contributed by atoms with Crippen molar-refractivity contribution in [3.63, 3.8) is 0 Å². The molecule has 0 radical (unpaired) electrons. The minimum Gasteiger partial charge on any atom is -0.493 e. The van der Waals surface area contributed by atoms with Gasteiger partial charge in [-0.3, -0.25) is 19.7 Å². The Balaban J connectivity index is 2.19. The van der Waals surface area contributed by atoms with Crippen molar-refractivity contribution >= 4 is 11.6 Å². The lowest BCUT2D eigenvalue weighted by Gasteiger charge is -2.11. The van der Waals surface area contributed by atoms with E-state index in [0.29, 0.717) is 5.69 Å². The second-order valence-electron chi connectivity index (χ2n) is 5.27. The average Bonchev–Trinajstić information content (AvgIpc) is 2.63. The number of benzene rings is 1. The largest absolute Gasteiger partial charge is 0.493 e. The van der Waals surface area contributed by atoms with Crippen LogP contribution >= 0.6 is 0 Å². The first kappa shape index (κ1) is 18.9. The molecule has 0 aliphatic rings. The van der Waals surface area contributed by atoms with Gasteiger partial charge in [0.25, 0.3) is 17.2 Å². The molecular weight excluding hydrogens is 344 g/mol. The first-order valence-corrected chi connectivity index (χ1v) is 7.60. The van der Waals surface area contributed by atoms with Crippen molar-refractivity contribution in [1.29, 1.82) is 0 Å². The number of nitro groups is 1. The summed E-state index contributed by atoms with van der Waals surface area (Å²) in [6, 6.07) is 5.33. The van der Waals surface area contributed by atoms with Crippen LogP contribution in [0.25, 0.3) is 0 Å². The van der Waals surface area contributed by atoms with Gasteiger partial charge in [-0.15, -0.1) is 0 Å². The van der Waals surface area contributed by atoms with E-state index < -0.39 is 16.5 Å². The average molecular weight is 362 g/mol. The fraction of sp³-hybridized carbons (Fsp3) is 0.312. The molecule has 0 fully saturated rings. The minimum absolute atomic E-state index is 0.0701. The number of nitro benzene ring substituents is 1. The summed E-state index contributed by atoms with van der Waals surface area (Å²) >= 11 is 0. The molecule has 0 unspecified atom stereocenters. The number of aryl methyl sites for hydroxylation is 1. The first-order chi connectivity index (χ1) is 12.4. The van der Waals surface area contributed by atoms with Crippen LogP contribution in [0.4, 0.5) is 5.69 Å². The highest BCUT2D eigenvalue weighted by Crippen LogP contribution is 2.34. The number of hydrogen-bond acceptors (Lipinski definition) is 7. The van der Waals surface area contributed by atoms with Crippen LogP contribution in [0.5, 0.6) is 11.5 Å². The van der Waals surface area contributed by atoms with Crippen molar-refractivity contribution in [2.24, 2.45) is 0 Å². The molecule has 2 rings (SSSR count). The predicted molar refractivity (Wildman–Crippen MR) is 91.8 cm³/mol. The van der Waals surface area contributed by atoms with E-state index in [1.165, 1.54) is 31.0 Å². The van der Waals surface area contributed by atoms with Crippen LogP contribution in [0.3, 0.4) is 0 Å². The van der Waals surface area contributed by atoms with Crippen molar-refractivity contribution in [3.8, 4) is 11.5 Å². The molecule has 2 aromatic rings. The van der Waals surface area contributed by atoms with E-state index in [9.17, 15) is 19.7 Å². The minimum atomic E-state index is -0.677. The molecule has 0 spiro atoms. The lowest BCUT2D eigenvalue weighted by Crippen LogP contribution is -2.32. The summed E-state index contributed by atoms with van der Waals surface area (Å²) in [5.74, 6) is -0.329. The quantitative estimate of drug-likeness (QED) is 0.573. The number of ether oxygens (including phenoxy) is 2. The molecule has 1 aromatic heterocycles. The molecular formula is C16H18N4O6. The highest BCUT2D eigenvalue weighted by Gasteiger charge is 2.24. The lowest BCUT2D eigenvalue weighted by atomic mass is 10.1. The Labute approximate surface area is 148 Å². The van der Waals surface area contributed by atoms with Gasteiger partial charge in [-0.05, 0) is 13.0 Å². The van der Waals surface area contributed by atoms with Crippen LogP contribution in [0.15, 0.2) is 29.1 Å². The molecule has 1 aromatic carbocycles. The summed E-state index contributed by atoms with van der Waals surface area (Å²) < 4.78 is 11.3. The summed E-state index contributed by atoms with van der Waals surface area (Å²) in [7, 11) is 2.70. The fourth-order valence-corrected chi connectivity index (χ4v) is 2.28. The van der Waals surface area contributed by atoms with Gasteiger partial charge in [-0.25, -0.2) is 4.68 Å². The fourth-order valence-electron chi connectivity index (χ4n) is 2.28. The maximum absolute atomic E-state index is 12.4. The molecule has 1 N–H and O–H groups in total. The zero-order valence-corrected chi connectivity index (χ0v) is 14.5. The number of methoxy groups -OCH3 is 2. The Hall–Kier alpha value is -3.43. The number of nitrogens with one attached hydrogen (secondary N) is 1. The predicted octanol–water partition coefficient (Wildman–Crippen LogP) is 0.907. The van der Waals surface area contributed by atoms with E-state index in [1.807, 2.05) is 0 Å². The van der Waals surface area contributed by atoms with Crippen LogP contribution < -0.4 is 20.3 Å². The van der Waals surface area contributed by atoms with Gasteiger partial charge >= 0.3 is 0 Å². The summed E-state index contributed by atoms with van der Waals surface area (Å²) in [5.41, 5.74) is -0.225. The summed E-state index contributed by atoms with van der Waals surface area (Å²) in [4.78, 5) is 34.6. The second kappa shape index (κ2) is 8.10. The summed E-state index contributed by atoms with van der Waals surface area (Å²) in [6.07, 6.45) is 0. The van der Waals surface area contributed by atoms with Crippen LogP contribution in [0.1, 0.15) is 16.1 Å². The SMILES string of the molecule is COc1cc(C(=O)NCCn2nc(C)ccc2=O)c([N+](=O)[O-])cc1OC. The van der Waals surface area contributed by atoms with Crippen LogP contribution in [0, 0.1) is 17.0 Å². The zero-order chi connectivity index (χ0) is 19.3. The van der Waals surface area contributed by atoms with Crippen molar-refractivity contribution in [2.75, 3.05) is 20.8 Å². The lowest BCUT2D eigenvalue weighted by molar-refractivity contribution is -0.385. The second-order valence-corrected chi connectivity index (χ2v) is 5.27. The van der Waals surface area contributed by atoms with Gasteiger partial charge < -0.3 is 14.8 Å². The van der Waals surface area contributed by atoms with E-state index >= 15 is 0 Å². The zero-order valence-electron chi connectivity index (χ0n) is 14.5. The Morgan fingerprint density at radius 1 is 1.27 bits per heavy atom. The standard InChI is InChI=1S/C16H18N4O6/c1-10-4-5-15(21)19(18-10)7-6-17-16(22)11-8-13(25-2)14(26-3)9-12(11)20(23)24/h4-5,8-9H,6-7H2,1-3H3,(H,17,22). The number of aromatic nitrogens is 2. The van der Waals surface area contributed by atoms with Crippen molar-refractivity contribution in [3.05, 3.63) is 56.0 Å². The number of rotatable bonds is 7. The molecule has 0 saturated heterocycles. The number of hydrogen-bond donors (Lipinski definition) is 1. The van der Waals surface area contributed by atoms with E-state index in [0.717, 1.165) is 6.07 Å². The first-order valence-electron chi connectivity index (χ1n) is 7.60. The van der Waals surface area contributed by atoms with Gasteiger partial charge in [0.1, 0.15) is 5.56 Å². The third-order valence-electron chi connectivity index (χ3n) is 3.55. The third kappa shape index (κ3) is 4.15. The number of nitrogens with zero attached hydrogens (tertiary/aromatic N) is 3. The smallest absolute Gasteiger partial charge is 0.286 e. The normalized spacial score (nSPS) is 10.3. The summed E-state index contributed by atoms with van der Waals surface area (Å²) in [5, 5.41) is 17.8. The highest BCUT2D eigenvalue weighted by molar-refractivity contribution is 5.99. The molecule has 26 heavy (non-hydrogen) atoms. The maximum atomic E-state index is 12.4. The molecule has 10 heteroatoms. The number of amides is 1. The van der Waals surface area contributed by atoms with Gasteiger partial charge in [0.2, 0.25) is 0 Å². The van der Waals surface area contributed by atoms with Crippen molar-refractivity contribution < 1.29 is 19.2 Å². The molecule has 10 nitrogen and oxygen atoms in total. The van der Waals surface area contributed by atoms with E-state index in [1.54, 1.807) is 13.0 Å². The molecule has 0 saturated carbocycles. The number of carbonyl (C=O) groups excluding carboxylic acids is 1. The Kier molecular flexibility index (Phi) is 5.89. The van der Waals surface area contributed by atoms with Crippen molar-refractivity contribution in [1.82, 2.24) is 15.1 Å². The molecule has 0 aliphatic carbocycles. The Bertz CT molecular complexity index is 893. The van der Waals surface area contributed by atoms with E-state index in [2.05, 4.69) is 10.4 Å². The topological polar surface area (TPSA) is 126 Å². The highest BCUT2D eigenvalue weighted by atomic mass is 16.6. The van der Waals surface area contributed by atoms with Crippen LogP contribution in [-0.2, 0) is 6.54 Å². The van der Waals surface area contributed by atoms with Gasteiger partial charge in [-0.2, -0.15) is 5.10 Å². The molecule has 0 bridgehead atoms. The van der Waals surface area contributed by atoms with Gasteiger partial charge in [0.05, 0.1) is 37.4 Å². The van der Waals surface area contributed by atoms with Gasteiger partial charge in [-0.1, -0.05) is 0 Å². The Morgan fingerprint density at radius 2 is 1.92 bits per heavy atom. The third-order valence-corrected chi connectivity index (χ3v) is 3.55. The van der Waals surface area contributed by atoms with E-state index in [4.69, 9.17) is 9.47 Å². The molecule has 1 heterocycles. The van der Waals surface area contributed by atoms with E-state index in [-0.39, 0.29) is 35.7 Å². The number of carbonyl (C=O) groups is 1. The van der Waals surface area contributed by atoms with Gasteiger partial charge in [0.15, 0.2) is 11.5 Å².